The monoisotopic (exact) mass is 299 g/mol. The molecule has 0 amide bonds. The minimum absolute atomic E-state index is 0.101. The molecule has 0 bridgehead atoms. The van der Waals surface area contributed by atoms with Gasteiger partial charge < -0.3 is 10.9 Å². The SMILES string of the molecule is Cc1ccnc(Sc2ccc3c(c2)CCC3)c1/C(N)=N/O. The van der Waals surface area contributed by atoms with Crippen molar-refractivity contribution in [1.82, 2.24) is 4.98 Å². The Bertz CT molecular complexity index is 713. The molecule has 2 aromatic rings. The number of hydrogen-bond acceptors (Lipinski definition) is 4. The van der Waals surface area contributed by atoms with Crippen molar-refractivity contribution in [1.29, 1.82) is 0 Å². The van der Waals surface area contributed by atoms with Crippen molar-refractivity contribution in [2.45, 2.75) is 36.1 Å². The average Bonchev–Trinajstić information content (AvgIpc) is 2.94. The molecule has 1 aliphatic carbocycles. The first-order chi connectivity index (χ1) is 10.2. The summed E-state index contributed by atoms with van der Waals surface area (Å²) in [5.41, 5.74) is 10.3. The molecule has 1 heterocycles. The fourth-order valence-corrected chi connectivity index (χ4v) is 3.74. The number of amidine groups is 1. The van der Waals surface area contributed by atoms with Crippen molar-refractivity contribution in [2.24, 2.45) is 10.9 Å². The number of fused-ring (bicyclic) bond motifs is 1. The quantitative estimate of drug-likeness (QED) is 0.395. The summed E-state index contributed by atoms with van der Waals surface area (Å²) in [4.78, 5) is 5.53. The molecule has 1 aromatic carbocycles. The molecular formula is C16H17N3OS. The van der Waals surface area contributed by atoms with E-state index in [4.69, 9.17) is 10.9 Å². The number of nitrogens with two attached hydrogens (primary N) is 1. The van der Waals surface area contributed by atoms with Gasteiger partial charge in [-0.3, -0.25) is 0 Å². The lowest BCUT2D eigenvalue weighted by atomic mass is 10.1. The Morgan fingerprint density at radius 2 is 2.10 bits per heavy atom. The maximum atomic E-state index is 8.96. The number of nitrogens with zero attached hydrogens (tertiary/aromatic N) is 2. The number of hydrogen-bond donors (Lipinski definition) is 2. The first-order valence-electron chi connectivity index (χ1n) is 6.92. The van der Waals surface area contributed by atoms with Crippen LogP contribution in [0.2, 0.25) is 0 Å². The maximum Gasteiger partial charge on any atom is 0.173 e. The molecule has 0 saturated carbocycles. The summed E-state index contributed by atoms with van der Waals surface area (Å²) in [6, 6.07) is 8.41. The van der Waals surface area contributed by atoms with E-state index < -0.39 is 0 Å². The van der Waals surface area contributed by atoms with Crippen LogP contribution in [0.1, 0.15) is 28.7 Å². The van der Waals surface area contributed by atoms with Gasteiger partial charge in [0.25, 0.3) is 0 Å². The topological polar surface area (TPSA) is 71.5 Å². The zero-order valence-corrected chi connectivity index (χ0v) is 12.7. The standard InChI is InChI=1S/C16H17N3OS/c1-10-7-8-18-16(14(10)15(17)19-20)21-13-6-5-11-3-2-4-12(11)9-13/h5-9,20H,2-4H2,1H3,(H2,17,19). The molecule has 0 unspecified atom stereocenters. The second-order valence-electron chi connectivity index (χ2n) is 5.18. The van der Waals surface area contributed by atoms with E-state index in [0.29, 0.717) is 5.56 Å². The van der Waals surface area contributed by atoms with Crippen molar-refractivity contribution in [3.63, 3.8) is 0 Å². The molecule has 0 spiro atoms. The zero-order chi connectivity index (χ0) is 14.8. The van der Waals surface area contributed by atoms with E-state index in [1.807, 2.05) is 13.0 Å². The van der Waals surface area contributed by atoms with Gasteiger partial charge in [-0.05, 0) is 61.1 Å². The van der Waals surface area contributed by atoms with Gasteiger partial charge in [-0.1, -0.05) is 23.0 Å². The Labute approximate surface area is 128 Å². The van der Waals surface area contributed by atoms with Crippen molar-refractivity contribution in [3.8, 4) is 0 Å². The van der Waals surface area contributed by atoms with Crippen molar-refractivity contribution in [3.05, 3.63) is 52.7 Å². The summed E-state index contributed by atoms with van der Waals surface area (Å²) in [7, 11) is 0. The van der Waals surface area contributed by atoms with Crippen LogP contribution >= 0.6 is 11.8 Å². The number of oxime groups is 1. The van der Waals surface area contributed by atoms with Gasteiger partial charge in [-0.2, -0.15) is 0 Å². The summed E-state index contributed by atoms with van der Waals surface area (Å²) in [6.45, 7) is 1.93. The highest BCUT2D eigenvalue weighted by atomic mass is 32.2. The van der Waals surface area contributed by atoms with Gasteiger partial charge in [-0.25, -0.2) is 4.98 Å². The summed E-state index contributed by atoms with van der Waals surface area (Å²) in [5.74, 6) is 0.101. The molecule has 0 radical (unpaired) electrons. The summed E-state index contributed by atoms with van der Waals surface area (Å²) < 4.78 is 0. The minimum Gasteiger partial charge on any atom is -0.409 e. The second-order valence-corrected chi connectivity index (χ2v) is 6.24. The Balaban J connectivity index is 1.97. The lowest BCUT2D eigenvalue weighted by Gasteiger charge is -2.10. The molecule has 0 aliphatic heterocycles. The minimum atomic E-state index is 0.101. The van der Waals surface area contributed by atoms with Gasteiger partial charge in [0.2, 0.25) is 0 Å². The molecule has 3 N–H and O–H groups in total. The maximum absolute atomic E-state index is 8.96. The van der Waals surface area contributed by atoms with Crippen LogP contribution in [0, 0.1) is 6.92 Å². The van der Waals surface area contributed by atoms with Crippen LogP contribution in [-0.4, -0.2) is 16.0 Å². The third-order valence-electron chi connectivity index (χ3n) is 3.77. The highest BCUT2D eigenvalue weighted by Crippen LogP contribution is 2.33. The largest absolute Gasteiger partial charge is 0.409 e. The Hall–Kier alpha value is -2.01. The van der Waals surface area contributed by atoms with Gasteiger partial charge >= 0.3 is 0 Å². The van der Waals surface area contributed by atoms with Gasteiger partial charge in [0, 0.05) is 11.1 Å². The fourth-order valence-electron chi connectivity index (χ4n) is 2.70. The molecule has 0 atom stereocenters. The van der Waals surface area contributed by atoms with E-state index >= 15 is 0 Å². The van der Waals surface area contributed by atoms with Gasteiger partial charge in [0.15, 0.2) is 5.84 Å². The molecule has 21 heavy (non-hydrogen) atoms. The van der Waals surface area contributed by atoms with Crippen molar-refractivity contribution in [2.75, 3.05) is 0 Å². The third kappa shape index (κ3) is 2.74. The number of pyridine rings is 1. The number of aryl methyl sites for hydroxylation is 3. The molecule has 1 aliphatic rings. The van der Waals surface area contributed by atoms with E-state index in [1.165, 1.54) is 24.0 Å². The molecule has 1 aromatic heterocycles. The van der Waals surface area contributed by atoms with Crippen LogP contribution < -0.4 is 5.73 Å². The highest BCUT2D eigenvalue weighted by Gasteiger charge is 2.15. The molecule has 0 fully saturated rings. The van der Waals surface area contributed by atoms with Gasteiger partial charge in [-0.15, -0.1) is 0 Å². The van der Waals surface area contributed by atoms with Gasteiger partial charge in [0.1, 0.15) is 5.03 Å². The zero-order valence-electron chi connectivity index (χ0n) is 11.8. The number of aromatic nitrogens is 1. The normalized spacial score (nSPS) is 14.2. The van der Waals surface area contributed by atoms with Crippen LogP contribution in [0.15, 0.2) is 45.5 Å². The van der Waals surface area contributed by atoms with E-state index in [9.17, 15) is 0 Å². The summed E-state index contributed by atoms with van der Waals surface area (Å²) in [6.07, 6.45) is 5.32. The van der Waals surface area contributed by atoms with Crippen LogP contribution in [0.4, 0.5) is 0 Å². The molecule has 0 saturated heterocycles. The number of benzene rings is 1. The lowest BCUT2D eigenvalue weighted by Crippen LogP contribution is -2.16. The first-order valence-corrected chi connectivity index (χ1v) is 7.74. The molecule has 5 heteroatoms. The highest BCUT2D eigenvalue weighted by molar-refractivity contribution is 7.99. The van der Waals surface area contributed by atoms with Crippen LogP contribution in [-0.2, 0) is 12.8 Å². The Kier molecular flexibility index (Phi) is 3.84. The van der Waals surface area contributed by atoms with E-state index in [2.05, 4.69) is 28.3 Å². The van der Waals surface area contributed by atoms with Crippen molar-refractivity contribution < 1.29 is 5.21 Å². The number of rotatable bonds is 3. The van der Waals surface area contributed by atoms with E-state index in [1.54, 1.807) is 18.0 Å². The van der Waals surface area contributed by atoms with Crippen LogP contribution in [0.3, 0.4) is 0 Å². The lowest BCUT2D eigenvalue weighted by molar-refractivity contribution is 0.318. The van der Waals surface area contributed by atoms with Crippen molar-refractivity contribution >= 4 is 17.6 Å². The van der Waals surface area contributed by atoms with E-state index in [-0.39, 0.29) is 5.84 Å². The summed E-state index contributed by atoms with van der Waals surface area (Å²) >= 11 is 1.56. The molecule has 4 nitrogen and oxygen atoms in total. The van der Waals surface area contributed by atoms with Gasteiger partial charge in [0.05, 0.1) is 5.56 Å². The second kappa shape index (κ2) is 5.77. The Morgan fingerprint density at radius 1 is 1.29 bits per heavy atom. The molecule has 3 rings (SSSR count). The third-order valence-corrected chi connectivity index (χ3v) is 4.77. The first kappa shape index (κ1) is 13.9. The molecule has 108 valence electrons. The predicted octanol–water partition coefficient (Wildman–Crippen LogP) is 3.12. The van der Waals surface area contributed by atoms with Crippen LogP contribution in [0.5, 0.6) is 0 Å². The predicted molar refractivity (Wildman–Crippen MR) is 84.1 cm³/mol. The molecular weight excluding hydrogens is 282 g/mol. The average molecular weight is 299 g/mol. The van der Waals surface area contributed by atoms with E-state index in [0.717, 1.165) is 21.9 Å². The summed E-state index contributed by atoms with van der Waals surface area (Å²) in [5, 5.41) is 12.8. The van der Waals surface area contributed by atoms with Crippen LogP contribution in [0.25, 0.3) is 0 Å². The Morgan fingerprint density at radius 3 is 2.90 bits per heavy atom. The smallest absolute Gasteiger partial charge is 0.173 e. The fraction of sp³-hybridized carbons (Fsp3) is 0.250.